The summed E-state index contributed by atoms with van der Waals surface area (Å²) in [7, 11) is 0. The zero-order chi connectivity index (χ0) is 15.6. The maximum absolute atomic E-state index is 5.60. The van der Waals surface area contributed by atoms with Gasteiger partial charge in [-0.05, 0) is 37.1 Å². The monoisotopic (exact) mass is 299 g/mol. The molecule has 0 aliphatic rings. The molecular weight excluding hydrogens is 274 g/mol. The van der Waals surface area contributed by atoms with Crippen LogP contribution in [0.4, 0.5) is 0 Å². The Balaban J connectivity index is 1.72. The van der Waals surface area contributed by atoms with Gasteiger partial charge in [-0.25, -0.2) is 0 Å². The maximum atomic E-state index is 5.60. The second-order valence-electron chi connectivity index (χ2n) is 5.28. The third kappa shape index (κ3) is 5.88. The molecule has 0 aliphatic heterocycles. The first kappa shape index (κ1) is 16.5. The molecule has 0 saturated carbocycles. The summed E-state index contributed by atoms with van der Waals surface area (Å²) in [5.41, 5.74) is 3.87. The summed E-state index contributed by atoms with van der Waals surface area (Å²) in [6, 6.07) is 16.8. The minimum atomic E-state index is 0.596. The smallest absolute Gasteiger partial charge is 0.119 e. The van der Waals surface area contributed by atoms with Crippen LogP contribution in [0, 0.1) is 6.92 Å². The molecule has 0 fully saturated rings. The molecule has 3 heteroatoms. The van der Waals surface area contributed by atoms with Crippen molar-refractivity contribution in [2.75, 3.05) is 19.8 Å². The minimum Gasteiger partial charge on any atom is -0.491 e. The van der Waals surface area contributed by atoms with Crippen LogP contribution in [0.2, 0.25) is 0 Å². The van der Waals surface area contributed by atoms with Crippen molar-refractivity contribution in [1.82, 2.24) is 5.32 Å². The third-order valence-electron chi connectivity index (χ3n) is 3.36. The zero-order valence-electron chi connectivity index (χ0n) is 13.5. The third-order valence-corrected chi connectivity index (χ3v) is 3.36. The fourth-order valence-electron chi connectivity index (χ4n) is 2.24. The van der Waals surface area contributed by atoms with Crippen LogP contribution in [0.15, 0.2) is 48.5 Å². The van der Waals surface area contributed by atoms with Gasteiger partial charge in [-0.2, -0.15) is 0 Å². The standard InChI is InChI=1S/C19H25NO2/c1-3-21-11-12-22-19-9-7-17(8-10-19)14-20-15-18-6-4-5-16(2)13-18/h4-10,13,20H,3,11-12,14-15H2,1-2H3. The van der Waals surface area contributed by atoms with E-state index in [4.69, 9.17) is 9.47 Å². The Hall–Kier alpha value is -1.84. The number of hydrogen-bond acceptors (Lipinski definition) is 3. The van der Waals surface area contributed by atoms with Crippen LogP contribution in [0.3, 0.4) is 0 Å². The van der Waals surface area contributed by atoms with Crippen molar-refractivity contribution in [1.29, 1.82) is 0 Å². The average molecular weight is 299 g/mol. The highest BCUT2D eigenvalue weighted by Gasteiger charge is 1.97. The Bertz CT molecular complexity index is 552. The predicted octanol–water partition coefficient (Wildman–Crippen LogP) is 3.70. The largest absolute Gasteiger partial charge is 0.491 e. The molecule has 0 amide bonds. The minimum absolute atomic E-state index is 0.596. The highest BCUT2D eigenvalue weighted by molar-refractivity contribution is 5.27. The van der Waals surface area contributed by atoms with Gasteiger partial charge in [-0.15, -0.1) is 0 Å². The summed E-state index contributed by atoms with van der Waals surface area (Å²) in [6.45, 7) is 7.80. The fraction of sp³-hybridized carbons (Fsp3) is 0.368. The summed E-state index contributed by atoms with van der Waals surface area (Å²) in [6.07, 6.45) is 0. The van der Waals surface area contributed by atoms with E-state index in [2.05, 4.69) is 48.6 Å². The first-order valence-corrected chi connectivity index (χ1v) is 7.83. The SMILES string of the molecule is CCOCCOc1ccc(CNCc2cccc(C)c2)cc1. The zero-order valence-corrected chi connectivity index (χ0v) is 13.5. The quantitative estimate of drug-likeness (QED) is 0.716. The molecule has 118 valence electrons. The molecule has 2 aromatic carbocycles. The molecule has 0 bridgehead atoms. The van der Waals surface area contributed by atoms with Crippen LogP contribution < -0.4 is 10.1 Å². The van der Waals surface area contributed by atoms with Gasteiger partial charge in [0, 0.05) is 19.7 Å². The van der Waals surface area contributed by atoms with Gasteiger partial charge in [0.2, 0.25) is 0 Å². The Morgan fingerprint density at radius 3 is 2.41 bits per heavy atom. The number of nitrogens with one attached hydrogen (secondary N) is 1. The topological polar surface area (TPSA) is 30.5 Å². The van der Waals surface area contributed by atoms with E-state index < -0.39 is 0 Å². The van der Waals surface area contributed by atoms with Crippen molar-refractivity contribution < 1.29 is 9.47 Å². The molecule has 0 atom stereocenters. The van der Waals surface area contributed by atoms with E-state index in [1.165, 1.54) is 16.7 Å². The van der Waals surface area contributed by atoms with Crippen molar-refractivity contribution in [2.45, 2.75) is 26.9 Å². The van der Waals surface area contributed by atoms with Crippen molar-refractivity contribution >= 4 is 0 Å². The van der Waals surface area contributed by atoms with Gasteiger partial charge in [-0.3, -0.25) is 0 Å². The van der Waals surface area contributed by atoms with E-state index in [9.17, 15) is 0 Å². The first-order valence-electron chi connectivity index (χ1n) is 7.83. The van der Waals surface area contributed by atoms with E-state index in [0.29, 0.717) is 13.2 Å². The van der Waals surface area contributed by atoms with Gasteiger partial charge in [-0.1, -0.05) is 42.0 Å². The second kappa shape index (κ2) is 9.23. The number of aryl methyl sites for hydroxylation is 1. The Labute approximate surface area is 133 Å². The van der Waals surface area contributed by atoms with Gasteiger partial charge in [0.05, 0.1) is 6.61 Å². The summed E-state index contributed by atoms with van der Waals surface area (Å²) >= 11 is 0. The molecule has 0 aromatic heterocycles. The van der Waals surface area contributed by atoms with E-state index in [1.54, 1.807) is 0 Å². The molecule has 0 radical (unpaired) electrons. The highest BCUT2D eigenvalue weighted by atomic mass is 16.5. The number of hydrogen-bond donors (Lipinski definition) is 1. The number of rotatable bonds is 9. The van der Waals surface area contributed by atoms with Crippen LogP contribution in [0.25, 0.3) is 0 Å². The van der Waals surface area contributed by atoms with Crippen LogP contribution in [0.5, 0.6) is 5.75 Å². The fourth-order valence-corrected chi connectivity index (χ4v) is 2.24. The van der Waals surface area contributed by atoms with Crippen molar-refractivity contribution in [3.05, 3.63) is 65.2 Å². The van der Waals surface area contributed by atoms with Gasteiger partial charge < -0.3 is 14.8 Å². The lowest BCUT2D eigenvalue weighted by Gasteiger charge is -2.08. The normalized spacial score (nSPS) is 10.6. The molecule has 1 N–H and O–H groups in total. The van der Waals surface area contributed by atoms with Crippen LogP contribution in [0.1, 0.15) is 23.6 Å². The Kier molecular flexibility index (Phi) is 6.94. The molecule has 22 heavy (non-hydrogen) atoms. The molecular formula is C19H25NO2. The highest BCUT2D eigenvalue weighted by Crippen LogP contribution is 2.12. The summed E-state index contributed by atoms with van der Waals surface area (Å²) in [4.78, 5) is 0. The lowest BCUT2D eigenvalue weighted by molar-refractivity contribution is 0.110. The first-order chi connectivity index (χ1) is 10.8. The Morgan fingerprint density at radius 2 is 1.68 bits per heavy atom. The molecule has 2 rings (SSSR count). The van der Waals surface area contributed by atoms with Crippen LogP contribution in [-0.4, -0.2) is 19.8 Å². The lowest BCUT2D eigenvalue weighted by Crippen LogP contribution is -2.12. The van der Waals surface area contributed by atoms with Gasteiger partial charge in [0.15, 0.2) is 0 Å². The van der Waals surface area contributed by atoms with Crippen molar-refractivity contribution in [2.24, 2.45) is 0 Å². The number of benzene rings is 2. The number of ether oxygens (including phenoxy) is 2. The van der Waals surface area contributed by atoms with Crippen LogP contribution >= 0.6 is 0 Å². The molecule has 0 unspecified atom stereocenters. The molecule has 2 aromatic rings. The van der Waals surface area contributed by atoms with Gasteiger partial charge >= 0.3 is 0 Å². The molecule has 0 heterocycles. The average Bonchev–Trinajstić information content (AvgIpc) is 2.53. The van der Waals surface area contributed by atoms with Crippen molar-refractivity contribution in [3.63, 3.8) is 0 Å². The molecule has 3 nitrogen and oxygen atoms in total. The maximum Gasteiger partial charge on any atom is 0.119 e. The van der Waals surface area contributed by atoms with E-state index in [1.807, 2.05) is 19.1 Å². The van der Waals surface area contributed by atoms with Crippen molar-refractivity contribution in [3.8, 4) is 5.75 Å². The summed E-state index contributed by atoms with van der Waals surface area (Å²) < 4.78 is 10.9. The lowest BCUT2D eigenvalue weighted by atomic mass is 10.1. The van der Waals surface area contributed by atoms with E-state index in [-0.39, 0.29) is 0 Å². The van der Waals surface area contributed by atoms with E-state index in [0.717, 1.165) is 25.4 Å². The van der Waals surface area contributed by atoms with Gasteiger partial charge in [0.1, 0.15) is 12.4 Å². The summed E-state index contributed by atoms with van der Waals surface area (Å²) in [5, 5.41) is 3.46. The van der Waals surface area contributed by atoms with Gasteiger partial charge in [0.25, 0.3) is 0 Å². The Morgan fingerprint density at radius 1 is 0.909 bits per heavy atom. The second-order valence-corrected chi connectivity index (χ2v) is 5.28. The van der Waals surface area contributed by atoms with E-state index >= 15 is 0 Å². The molecule has 0 spiro atoms. The summed E-state index contributed by atoms with van der Waals surface area (Å²) in [5.74, 6) is 0.891. The van der Waals surface area contributed by atoms with Crippen LogP contribution in [-0.2, 0) is 17.8 Å². The molecule has 0 saturated heterocycles. The molecule has 0 aliphatic carbocycles. The predicted molar refractivity (Wildman–Crippen MR) is 90.2 cm³/mol.